The summed E-state index contributed by atoms with van der Waals surface area (Å²) in [5.74, 6) is -0.305. The first-order chi connectivity index (χ1) is 11.9. The molecular formula is C19H19ClN4O. The molecule has 6 heteroatoms. The van der Waals surface area contributed by atoms with Crippen molar-refractivity contribution in [2.45, 2.75) is 27.7 Å². The lowest BCUT2D eigenvalue weighted by atomic mass is 10.1. The number of nitrogens with zero attached hydrogens (tertiary/aromatic N) is 3. The Balaban J connectivity index is 1.96. The van der Waals surface area contributed by atoms with Gasteiger partial charge in [-0.05, 0) is 56.5 Å². The Morgan fingerprint density at radius 1 is 1.04 bits per heavy atom. The zero-order valence-corrected chi connectivity index (χ0v) is 15.3. The minimum absolute atomic E-state index is 0.294. The summed E-state index contributed by atoms with van der Waals surface area (Å²) >= 11 is 6.01. The number of nitrogens with one attached hydrogen (secondary N) is 1. The number of hydrogen-bond acceptors (Lipinski definition) is 3. The summed E-state index contributed by atoms with van der Waals surface area (Å²) in [5.41, 5.74) is 5.68. The van der Waals surface area contributed by atoms with Crippen molar-refractivity contribution in [3.8, 4) is 5.69 Å². The van der Waals surface area contributed by atoms with Gasteiger partial charge in [0.25, 0.3) is 5.91 Å². The van der Waals surface area contributed by atoms with Crippen LogP contribution in [0.2, 0.25) is 5.02 Å². The molecule has 0 aliphatic heterocycles. The number of carbonyl (C=O) groups excluding carboxylic acids is 1. The molecule has 0 saturated carbocycles. The minimum atomic E-state index is -0.305. The largest absolute Gasteiger partial charge is 0.320 e. The number of hydrogen-bond donors (Lipinski definition) is 1. The van der Waals surface area contributed by atoms with E-state index in [0.29, 0.717) is 22.1 Å². The molecule has 5 nitrogen and oxygen atoms in total. The van der Waals surface area contributed by atoms with Gasteiger partial charge in [0.1, 0.15) is 0 Å². The van der Waals surface area contributed by atoms with Crippen molar-refractivity contribution in [3.05, 3.63) is 69.5 Å². The van der Waals surface area contributed by atoms with E-state index in [9.17, 15) is 4.79 Å². The number of aryl methyl sites for hydroxylation is 3. The third kappa shape index (κ3) is 3.28. The topological polar surface area (TPSA) is 59.8 Å². The Labute approximate surface area is 151 Å². The summed E-state index contributed by atoms with van der Waals surface area (Å²) in [6.45, 7) is 7.77. The highest BCUT2D eigenvalue weighted by molar-refractivity contribution is 6.31. The number of amides is 1. The number of benzene rings is 2. The van der Waals surface area contributed by atoms with Crippen LogP contribution in [0, 0.1) is 27.7 Å². The lowest BCUT2D eigenvalue weighted by molar-refractivity contribution is 0.102. The average molecular weight is 355 g/mol. The second-order valence-electron chi connectivity index (χ2n) is 6.09. The van der Waals surface area contributed by atoms with Gasteiger partial charge >= 0.3 is 0 Å². The molecule has 0 spiro atoms. The van der Waals surface area contributed by atoms with Crippen LogP contribution >= 0.6 is 11.6 Å². The Morgan fingerprint density at radius 2 is 1.72 bits per heavy atom. The fraction of sp³-hybridized carbons (Fsp3) is 0.211. The van der Waals surface area contributed by atoms with Crippen LogP contribution in [0.1, 0.15) is 32.9 Å². The SMILES string of the molecule is Cc1ccc(Cl)cc1NC(=O)c1nnn(-c2c(C)cccc2C)c1C. The van der Waals surface area contributed by atoms with Gasteiger partial charge in [-0.25, -0.2) is 4.68 Å². The number of carbonyl (C=O) groups is 1. The summed E-state index contributed by atoms with van der Waals surface area (Å²) in [4.78, 5) is 12.6. The van der Waals surface area contributed by atoms with Gasteiger partial charge in [0.2, 0.25) is 0 Å². The molecule has 1 N–H and O–H groups in total. The summed E-state index contributed by atoms with van der Waals surface area (Å²) in [6.07, 6.45) is 0. The van der Waals surface area contributed by atoms with Gasteiger partial charge < -0.3 is 5.32 Å². The monoisotopic (exact) mass is 354 g/mol. The van der Waals surface area contributed by atoms with Crippen LogP contribution in [0.4, 0.5) is 5.69 Å². The highest BCUT2D eigenvalue weighted by Crippen LogP contribution is 2.23. The van der Waals surface area contributed by atoms with E-state index in [1.807, 2.05) is 52.0 Å². The molecule has 0 radical (unpaired) electrons. The Hall–Kier alpha value is -2.66. The van der Waals surface area contributed by atoms with Crippen LogP contribution in [0.25, 0.3) is 5.69 Å². The van der Waals surface area contributed by atoms with Gasteiger partial charge in [0.05, 0.1) is 11.4 Å². The van der Waals surface area contributed by atoms with Crippen LogP contribution in [-0.2, 0) is 0 Å². The third-order valence-corrected chi connectivity index (χ3v) is 4.44. The number of para-hydroxylation sites is 1. The van der Waals surface area contributed by atoms with Crippen molar-refractivity contribution >= 4 is 23.2 Å². The van der Waals surface area contributed by atoms with E-state index in [1.54, 1.807) is 16.8 Å². The van der Waals surface area contributed by atoms with E-state index < -0.39 is 0 Å². The minimum Gasteiger partial charge on any atom is -0.320 e. The van der Waals surface area contributed by atoms with Gasteiger partial charge in [0.15, 0.2) is 5.69 Å². The molecule has 0 saturated heterocycles. The van der Waals surface area contributed by atoms with Crippen molar-refractivity contribution in [2.24, 2.45) is 0 Å². The molecule has 0 bridgehead atoms. The highest BCUT2D eigenvalue weighted by atomic mass is 35.5. The maximum atomic E-state index is 12.6. The molecule has 25 heavy (non-hydrogen) atoms. The van der Waals surface area contributed by atoms with Crippen molar-refractivity contribution < 1.29 is 4.79 Å². The Bertz CT molecular complexity index is 942. The molecule has 0 unspecified atom stereocenters. The zero-order chi connectivity index (χ0) is 18.1. The second kappa shape index (κ2) is 6.69. The van der Waals surface area contributed by atoms with E-state index in [1.165, 1.54) is 0 Å². The van der Waals surface area contributed by atoms with E-state index in [-0.39, 0.29) is 5.91 Å². The molecule has 2 aromatic carbocycles. The number of anilines is 1. The Morgan fingerprint density at radius 3 is 2.40 bits per heavy atom. The lowest BCUT2D eigenvalue weighted by Gasteiger charge is -2.11. The first kappa shape index (κ1) is 17.2. The maximum Gasteiger partial charge on any atom is 0.278 e. The summed E-state index contributed by atoms with van der Waals surface area (Å²) in [6, 6.07) is 11.4. The van der Waals surface area contributed by atoms with Crippen molar-refractivity contribution in [1.29, 1.82) is 0 Å². The zero-order valence-electron chi connectivity index (χ0n) is 14.6. The van der Waals surface area contributed by atoms with Crippen molar-refractivity contribution in [2.75, 3.05) is 5.32 Å². The predicted molar refractivity (Wildman–Crippen MR) is 99.7 cm³/mol. The molecule has 0 aliphatic carbocycles. The number of rotatable bonds is 3. The average Bonchev–Trinajstić information content (AvgIpc) is 2.92. The van der Waals surface area contributed by atoms with E-state index in [2.05, 4.69) is 15.6 Å². The summed E-state index contributed by atoms with van der Waals surface area (Å²) in [7, 11) is 0. The fourth-order valence-electron chi connectivity index (χ4n) is 2.80. The van der Waals surface area contributed by atoms with Gasteiger partial charge in [-0.3, -0.25) is 4.79 Å². The molecule has 0 aliphatic rings. The van der Waals surface area contributed by atoms with Crippen molar-refractivity contribution in [1.82, 2.24) is 15.0 Å². The van der Waals surface area contributed by atoms with Crippen LogP contribution in [0.5, 0.6) is 0 Å². The first-order valence-corrected chi connectivity index (χ1v) is 8.32. The standard InChI is InChI=1S/C19H19ClN4O/c1-11-8-9-15(20)10-16(11)21-19(25)17-14(4)24(23-22-17)18-12(2)6-5-7-13(18)3/h5-10H,1-4H3,(H,21,25). The van der Waals surface area contributed by atoms with Gasteiger partial charge in [-0.2, -0.15) is 0 Å². The van der Waals surface area contributed by atoms with E-state index in [4.69, 9.17) is 11.6 Å². The molecule has 128 valence electrons. The highest BCUT2D eigenvalue weighted by Gasteiger charge is 2.19. The van der Waals surface area contributed by atoms with E-state index >= 15 is 0 Å². The molecule has 1 heterocycles. The smallest absolute Gasteiger partial charge is 0.278 e. The molecular weight excluding hydrogens is 336 g/mol. The summed E-state index contributed by atoms with van der Waals surface area (Å²) in [5, 5.41) is 11.7. The normalized spacial score (nSPS) is 10.8. The predicted octanol–water partition coefficient (Wildman–Crippen LogP) is 4.41. The van der Waals surface area contributed by atoms with Crippen LogP contribution in [0.3, 0.4) is 0 Å². The van der Waals surface area contributed by atoms with Crippen LogP contribution in [0.15, 0.2) is 36.4 Å². The van der Waals surface area contributed by atoms with Crippen molar-refractivity contribution in [3.63, 3.8) is 0 Å². The van der Waals surface area contributed by atoms with Gasteiger partial charge in [-0.1, -0.05) is 41.1 Å². The quantitative estimate of drug-likeness (QED) is 0.758. The molecule has 1 aromatic heterocycles. The molecule has 3 aromatic rings. The summed E-state index contributed by atoms with van der Waals surface area (Å²) < 4.78 is 1.71. The van der Waals surface area contributed by atoms with Crippen LogP contribution in [-0.4, -0.2) is 20.9 Å². The first-order valence-electron chi connectivity index (χ1n) is 7.95. The maximum absolute atomic E-state index is 12.6. The Kier molecular flexibility index (Phi) is 4.59. The number of aromatic nitrogens is 3. The van der Waals surface area contributed by atoms with Gasteiger partial charge in [0, 0.05) is 10.7 Å². The molecule has 0 fully saturated rings. The molecule has 1 amide bonds. The number of halogens is 1. The fourth-order valence-corrected chi connectivity index (χ4v) is 2.97. The third-order valence-electron chi connectivity index (χ3n) is 4.21. The van der Waals surface area contributed by atoms with Gasteiger partial charge in [-0.15, -0.1) is 5.10 Å². The van der Waals surface area contributed by atoms with Crippen LogP contribution < -0.4 is 5.32 Å². The molecule has 0 atom stereocenters. The molecule has 3 rings (SSSR count). The second-order valence-corrected chi connectivity index (χ2v) is 6.53. The van der Waals surface area contributed by atoms with E-state index in [0.717, 1.165) is 22.4 Å². The lowest BCUT2D eigenvalue weighted by Crippen LogP contribution is -2.15.